The van der Waals surface area contributed by atoms with E-state index in [9.17, 15) is 4.79 Å². The molecule has 4 heteroatoms. The third-order valence-corrected chi connectivity index (χ3v) is 4.03. The van der Waals surface area contributed by atoms with E-state index in [0.717, 1.165) is 23.4 Å². The first-order valence-corrected chi connectivity index (χ1v) is 7.23. The molecule has 0 unspecified atom stereocenters. The van der Waals surface area contributed by atoms with Gasteiger partial charge in [-0.3, -0.25) is 9.48 Å². The van der Waals surface area contributed by atoms with E-state index < -0.39 is 0 Å². The molecule has 0 radical (unpaired) electrons. The SMILES string of the molecule is CCC(CC)n1ccc(CC(=O)c2cccs2)n1. The van der Waals surface area contributed by atoms with Gasteiger partial charge < -0.3 is 0 Å². The van der Waals surface area contributed by atoms with Crippen molar-refractivity contribution in [2.45, 2.75) is 39.2 Å². The molecule has 0 fully saturated rings. The largest absolute Gasteiger partial charge is 0.293 e. The lowest BCUT2D eigenvalue weighted by molar-refractivity contribution is 0.0995. The van der Waals surface area contributed by atoms with Gasteiger partial charge in [0.05, 0.1) is 23.0 Å². The van der Waals surface area contributed by atoms with Crippen molar-refractivity contribution >= 4 is 17.1 Å². The van der Waals surface area contributed by atoms with Crippen LogP contribution in [-0.2, 0) is 6.42 Å². The van der Waals surface area contributed by atoms with Crippen LogP contribution in [-0.4, -0.2) is 15.6 Å². The third kappa shape index (κ3) is 2.88. The Morgan fingerprint density at radius 3 is 2.78 bits per heavy atom. The van der Waals surface area contributed by atoms with E-state index in [1.807, 2.05) is 34.5 Å². The van der Waals surface area contributed by atoms with Gasteiger partial charge in [0.25, 0.3) is 0 Å². The van der Waals surface area contributed by atoms with E-state index in [4.69, 9.17) is 0 Å². The van der Waals surface area contributed by atoms with E-state index in [1.54, 1.807) is 0 Å². The minimum absolute atomic E-state index is 0.153. The Morgan fingerprint density at radius 2 is 2.17 bits per heavy atom. The molecule has 0 aliphatic heterocycles. The van der Waals surface area contributed by atoms with Gasteiger partial charge in [0.15, 0.2) is 5.78 Å². The van der Waals surface area contributed by atoms with Crippen LogP contribution in [0.4, 0.5) is 0 Å². The zero-order valence-corrected chi connectivity index (χ0v) is 11.6. The second-order valence-corrected chi connectivity index (χ2v) is 5.28. The van der Waals surface area contributed by atoms with Crippen molar-refractivity contribution in [2.75, 3.05) is 0 Å². The summed E-state index contributed by atoms with van der Waals surface area (Å²) in [5.41, 5.74) is 0.861. The number of rotatable bonds is 6. The number of Topliss-reactive ketones (excluding diaryl/α,β-unsaturated/α-hetero) is 1. The molecule has 2 rings (SSSR count). The van der Waals surface area contributed by atoms with Crippen LogP contribution in [0, 0.1) is 0 Å². The normalized spacial score (nSPS) is 11.1. The van der Waals surface area contributed by atoms with Crippen LogP contribution in [0.2, 0.25) is 0 Å². The fourth-order valence-electron chi connectivity index (χ4n) is 2.03. The number of aromatic nitrogens is 2. The van der Waals surface area contributed by atoms with Crippen molar-refractivity contribution in [2.24, 2.45) is 0 Å². The Hall–Kier alpha value is -1.42. The van der Waals surface area contributed by atoms with Crippen LogP contribution >= 0.6 is 11.3 Å². The van der Waals surface area contributed by atoms with Crippen LogP contribution in [0.25, 0.3) is 0 Å². The lowest BCUT2D eigenvalue weighted by Gasteiger charge is -2.12. The molecule has 3 nitrogen and oxygen atoms in total. The van der Waals surface area contributed by atoms with Gasteiger partial charge in [-0.15, -0.1) is 11.3 Å². The monoisotopic (exact) mass is 262 g/mol. The third-order valence-electron chi connectivity index (χ3n) is 3.12. The van der Waals surface area contributed by atoms with Crippen LogP contribution in [0.1, 0.15) is 48.1 Å². The highest BCUT2D eigenvalue weighted by Gasteiger charge is 2.12. The van der Waals surface area contributed by atoms with E-state index in [1.165, 1.54) is 11.3 Å². The lowest BCUT2D eigenvalue weighted by Crippen LogP contribution is -2.09. The van der Waals surface area contributed by atoms with Gasteiger partial charge in [-0.05, 0) is 30.4 Å². The zero-order valence-electron chi connectivity index (χ0n) is 10.8. The summed E-state index contributed by atoms with van der Waals surface area (Å²) in [5.74, 6) is 0.153. The molecular formula is C14H18N2OS. The molecule has 18 heavy (non-hydrogen) atoms. The first-order valence-electron chi connectivity index (χ1n) is 6.35. The summed E-state index contributed by atoms with van der Waals surface area (Å²) in [6.07, 6.45) is 4.51. The second kappa shape index (κ2) is 5.96. The van der Waals surface area contributed by atoms with Gasteiger partial charge >= 0.3 is 0 Å². The standard InChI is InChI=1S/C14H18N2OS/c1-3-12(4-2)16-8-7-11(15-16)10-13(17)14-6-5-9-18-14/h5-9,12H,3-4,10H2,1-2H3. The summed E-state index contributed by atoms with van der Waals surface area (Å²) in [6.45, 7) is 4.32. The summed E-state index contributed by atoms with van der Waals surface area (Å²) in [4.78, 5) is 12.8. The van der Waals surface area contributed by atoms with Gasteiger partial charge in [0.1, 0.15) is 0 Å². The fraction of sp³-hybridized carbons (Fsp3) is 0.429. The zero-order chi connectivity index (χ0) is 13.0. The minimum Gasteiger partial charge on any atom is -0.293 e. The van der Waals surface area contributed by atoms with Crippen LogP contribution in [0.5, 0.6) is 0 Å². The molecule has 0 bridgehead atoms. The molecule has 2 heterocycles. The average Bonchev–Trinajstić information content (AvgIpc) is 3.01. The van der Waals surface area contributed by atoms with E-state index in [2.05, 4.69) is 18.9 Å². The number of ketones is 1. The van der Waals surface area contributed by atoms with Gasteiger partial charge in [-0.25, -0.2) is 0 Å². The van der Waals surface area contributed by atoms with Crippen molar-refractivity contribution in [1.29, 1.82) is 0 Å². The van der Waals surface area contributed by atoms with Gasteiger partial charge in [-0.1, -0.05) is 19.9 Å². The number of nitrogens with zero attached hydrogens (tertiary/aromatic N) is 2. The fourth-order valence-corrected chi connectivity index (χ4v) is 2.69. The summed E-state index contributed by atoms with van der Waals surface area (Å²) < 4.78 is 1.98. The first kappa shape index (κ1) is 13.0. The number of thiophene rings is 1. The number of hydrogen-bond donors (Lipinski definition) is 0. The van der Waals surface area contributed by atoms with Crippen LogP contribution in [0.15, 0.2) is 29.8 Å². The highest BCUT2D eigenvalue weighted by Crippen LogP contribution is 2.16. The molecule has 0 saturated carbocycles. The van der Waals surface area contributed by atoms with Gasteiger partial charge in [0.2, 0.25) is 0 Å². The molecular weight excluding hydrogens is 244 g/mol. The molecule has 96 valence electrons. The maximum atomic E-state index is 12.0. The summed E-state index contributed by atoms with van der Waals surface area (Å²) >= 11 is 1.49. The molecule has 2 aromatic rings. The Kier molecular flexibility index (Phi) is 4.31. The highest BCUT2D eigenvalue weighted by molar-refractivity contribution is 7.12. The van der Waals surface area contributed by atoms with Crippen molar-refractivity contribution in [3.8, 4) is 0 Å². The smallest absolute Gasteiger partial charge is 0.178 e. The Balaban J connectivity index is 2.05. The predicted octanol–water partition coefficient (Wildman–Crippen LogP) is 3.73. The average molecular weight is 262 g/mol. The first-order chi connectivity index (χ1) is 8.74. The van der Waals surface area contributed by atoms with E-state index in [0.29, 0.717) is 12.5 Å². The Labute approximate surface area is 111 Å². The van der Waals surface area contributed by atoms with Crippen molar-refractivity contribution in [1.82, 2.24) is 9.78 Å². The molecule has 0 aliphatic rings. The molecule has 2 aromatic heterocycles. The van der Waals surface area contributed by atoms with E-state index >= 15 is 0 Å². The maximum Gasteiger partial charge on any atom is 0.178 e. The molecule has 0 aliphatic carbocycles. The Morgan fingerprint density at radius 1 is 1.39 bits per heavy atom. The number of carbonyl (C=O) groups is 1. The van der Waals surface area contributed by atoms with Gasteiger partial charge in [0, 0.05) is 6.20 Å². The van der Waals surface area contributed by atoms with Crippen LogP contribution < -0.4 is 0 Å². The molecule has 0 amide bonds. The summed E-state index contributed by atoms with van der Waals surface area (Å²) in [5, 5.41) is 6.43. The number of hydrogen-bond acceptors (Lipinski definition) is 3. The lowest BCUT2D eigenvalue weighted by atomic mass is 10.2. The Bertz CT molecular complexity index is 498. The van der Waals surface area contributed by atoms with Crippen molar-refractivity contribution in [3.63, 3.8) is 0 Å². The van der Waals surface area contributed by atoms with Gasteiger partial charge in [-0.2, -0.15) is 5.10 Å². The summed E-state index contributed by atoms with van der Waals surface area (Å²) in [6, 6.07) is 6.16. The molecule has 0 saturated heterocycles. The number of carbonyl (C=O) groups excluding carboxylic acids is 1. The highest BCUT2D eigenvalue weighted by atomic mass is 32.1. The quantitative estimate of drug-likeness (QED) is 0.743. The van der Waals surface area contributed by atoms with Crippen molar-refractivity contribution in [3.05, 3.63) is 40.3 Å². The van der Waals surface area contributed by atoms with Crippen LogP contribution in [0.3, 0.4) is 0 Å². The topological polar surface area (TPSA) is 34.9 Å². The molecule has 0 spiro atoms. The van der Waals surface area contributed by atoms with Crippen molar-refractivity contribution < 1.29 is 4.79 Å². The second-order valence-electron chi connectivity index (χ2n) is 4.33. The molecule has 0 N–H and O–H groups in total. The summed E-state index contributed by atoms with van der Waals surface area (Å²) in [7, 11) is 0. The van der Waals surface area contributed by atoms with E-state index in [-0.39, 0.29) is 5.78 Å². The maximum absolute atomic E-state index is 12.0. The molecule has 0 aromatic carbocycles. The predicted molar refractivity (Wildman–Crippen MR) is 74.2 cm³/mol. The molecule has 0 atom stereocenters. The minimum atomic E-state index is 0.153.